The minimum absolute atomic E-state index is 0.637. The number of nitrogens with one attached hydrogen (secondary N) is 1. The summed E-state index contributed by atoms with van der Waals surface area (Å²) in [5, 5.41) is 7.90. The lowest BCUT2D eigenvalue weighted by molar-refractivity contribution is 0.424. The molecule has 1 N–H and O–H groups in total. The van der Waals surface area contributed by atoms with Crippen LogP contribution in [0.2, 0.25) is 0 Å². The van der Waals surface area contributed by atoms with E-state index in [2.05, 4.69) is 16.6 Å². The zero-order valence-electron chi connectivity index (χ0n) is 10.1. The molecule has 2 saturated carbocycles. The average molecular weight is 219 g/mol. The highest BCUT2D eigenvalue weighted by molar-refractivity contribution is 5.07. The Morgan fingerprint density at radius 3 is 2.88 bits per heavy atom. The molecule has 1 heterocycles. The first-order valence-electron chi connectivity index (χ1n) is 6.47. The van der Waals surface area contributed by atoms with Gasteiger partial charge in [-0.25, -0.2) is 0 Å². The minimum Gasteiger partial charge on any atom is -0.313 e. The van der Waals surface area contributed by atoms with Gasteiger partial charge in [-0.15, -0.1) is 0 Å². The van der Waals surface area contributed by atoms with Crippen molar-refractivity contribution in [1.82, 2.24) is 15.1 Å². The lowest BCUT2D eigenvalue weighted by Gasteiger charge is -2.15. The Balaban J connectivity index is 1.46. The lowest BCUT2D eigenvalue weighted by atomic mass is 9.98. The van der Waals surface area contributed by atoms with E-state index in [1.165, 1.54) is 50.6 Å². The maximum Gasteiger partial charge on any atom is 0.0521 e. The summed E-state index contributed by atoms with van der Waals surface area (Å²) < 4.78 is 1.90. The van der Waals surface area contributed by atoms with Gasteiger partial charge >= 0.3 is 0 Å². The van der Waals surface area contributed by atoms with Crippen molar-refractivity contribution in [3.8, 4) is 0 Å². The van der Waals surface area contributed by atoms with Crippen LogP contribution in [0.15, 0.2) is 12.4 Å². The largest absolute Gasteiger partial charge is 0.313 e. The van der Waals surface area contributed by atoms with Crippen molar-refractivity contribution in [1.29, 1.82) is 0 Å². The molecule has 3 heteroatoms. The van der Waals surface area contributed by atoms with Gasteiger partial charge in [-0.1, -0.05) is 0 Å². The van der Waals surface area contributed by atoms with Crippen molar-refractivity contribution in [2.45, 2.75) is 44.6 Å². The molecule has 2 aliphatic rings. The molecular weight excluding hydrogens is 198 g/mol. The van der Waals surface area contributed by atoms with Gasteiger partial charge in [0.1, 0.15) is 0 Å². The van der Waals surface area contributed by atoms with E-state index in [1.807, 2.05) is 17.9 Å². The SMILES string of the molecule is Cn1cc(CCC2(CNC3CC3)CC2)cn1. The van der Waals surface area contributed by atoms with E-state index < -0.39 is 0 Å². The maximum atomic E-state index is 4.22. The van der Waals surface area contributed by atoms with Gasteiger partial charge in [0, 0.05) is 25.8 Å². The Bertz CT molecular complexity index is 361. The van der Waals surface area contributed by atoms with Crippen molar-refractivity contribution in [3.05, 3.63) is 18.0 Å². The molecule has 0 amide bonds. The number of nitrogens with zero attached hydrogens (tertiary/aromatic N) is 2. The smallest absolute Gasteiger partial charge is 0.0521 e. The third-order valence-corrected chi connectivity index (χ3v) is 4.00. The Hall–Kier alpha value is -0.830. The summed E-state index contributed by atoms with van der Waals surface area (Å²) in [6.07, 6.45) is 12.3. The molecule has 0 aromatic carbocycles. The lowest BCUT2D eigenvalue weighted by Crippen LogP contribution is -2.26. The van der Waals surface area contributed by atoms with Gasteiger partial charge in [0.2, 0.25) is 0 Å². The van der Waals surface area contributed by atoms with Gasteiger partial charge < -0.3 is 5.32 Å². The highest BCUT2D eigenvalue weighted by Crippen LogP contribution is 2.49. The van der Waals surface area contributed by atoms with E-state index in [0.29, 0.717) is 5.41 Å². The Morgan fingerprint density at radius 1 is 1.50 bits per heavy atom. The standard InChI is InChI=1S/C13H21N3/c1-16-9-11(8-15-16)4-5-13(6-7-13)10-14-12-2-3-12/h8-9,12,14H,2-7,10H2,1H3. The molecule has 1 aromatic rings. The first-order chi connectivity index (χ1) is 7.76. The van der Waals surface area contributed by atoms with Crippen LogP contribution >= 0.6 is 0 Å². The fourth-order valence-electron chi connectivity index (χ4n) is 2.35. The topological polar surface area (TPSA) is 29.9 Å². The molecule has 0 aliphatic heterocycles. The van der Waals surface area contributed by atoms with Crippen LogP contribution in [0.1, 0.15) is 37.7 Å². The number of aromatic nitrogens is 2. The molecule has 2 aliphatic carbocycles. The summed E-state index contributed by atoms with van der Waals surface area (Å²) in [7, 11) is 1.99. The summed E-state index contributed by atoms with van der Waals surface area (Å²) >= 11 is 0. The summed E-state index contributed by atoms with van der Waals surface area (Å²) in [6, 6.07) is 0.857. The quantitative estimate of drug-likeness (QED) is 0.791. The molecule has 1 aromatic heterocycles. The molecule has 0 saturated heterocycles. The predicted molar refractivity (Wildman–Crippen MR) is 64.2 cm³/mol. The molecule has 0 radical (unpaired) electrons. The van der Waals surface area contributed by atoms with Crippen LogP contribution < -0.4 is 5.32 Å². The van der Waals surface area contributed by atoms with Crippen molar-refractivity contribution in [3.63, 3.8) is 0 Å². The summed E-state index contributed by atoms with van der Waals surface area (Å²) in [5.74, 6) is 0. The van der Waals surface area contributed by atoms with Crippen LogP contribution in [0.5, 0.6) is 0 Å². The summed E-state index contributed by atoms with van der Waals surface area (Å²) in [4.78, 5) is 0. The number of rotatable bonds is 6. The molecule has 0 atom stereocenters. The zero-order chi connectivity index (χ0) is 11.0. The third-order valence-electron chi connectivity index (χ3n) is 4.00. The van der Waals surface area contributed by atoms with Crippen LogP contribution in [0, 0.1) is 5.41 Å². The Morgan fingerprint density at radius 2 is 2.31 bits per heavy atom. The van der Waals surface area contributed by atoms with Crippen LogP contribution in [0.4, 0.5) is 0 Å². The Labute approximate surface area is 97.2 Å². The second kappa shape index (κ2) is 3.88. The van der Waals surface area contributed by atoms with Gasteiger partial charge in [-0.3, -0.25) is 4.68 Å². The van der Waals surface area contributed by atoms with E-state index in [1.54, 1.807) is 0 Å². The van der Waals surface area contributed by atoms with Crippen molar-refractivity contribution < 1.29 is 0 Å². The molecule has 0 spiro atoms. The molecule has 16 heavy (non-hydrogen) atoms. The fourth-order valence-corrected chi connectivity index (χ4v) is 2.35. The zero-order valence-corrected chi connectivity index (χ0v) is 10.1. The van der Waals surface area contributed by atoms with Gasteiger partial charge in [0.15, 0.2) is 0 Å². The minimum atomic E-state index is 0.637. The second-order valence-corrected chi connectivity index (χ2v) is 5.68. The molecule has 0 bridgehead atoms. The number of hydrogen-bond acceptors (Lipinski definition) is 2. The predicted octanol–water partition coefficient (Wildman–Crippen LogP) is 1.88. The van der Waals surface area contributed by atoms with Gasteiger partial charge in [-0.2, -0.15) is 5.10 Å². The summed E-state index contributed by atoms with van der Waals surface area (Å²) in [6.45, 7) is 1.25. The highest BCUT2D eigenvalue weighted by Gasteiger charge is 2.42. The van der Waals surface area contributed by atoms with Crippen molar-refractivity contribution in [2.24, 2.45) is 12.5 Å². The van der Waals surface area contributed by atoms with Gasteiger partial charge in [-0.05, 0) is 49.5 Å². The first-order valence-corrected chi connectivity index (χ1v) is 6.47. The average Bonchev–Trinajstić information content (AvgIpc) is 3.17. The normalized spacial score (nSPS) is 22.3. The van der Waals surface area contributed by atoms with Crippen LogP contribution in [-0.4, -0.2) is 22.4 Å². The van der Waals surface area contributed by atoms with Crippen LogP contribution in [0.3, 0.4) is 0 Å². The van der Waals surface area contributed by atoms with E-state index in [0.717, 1.165) is 6.04 Å². The van der Waals surface area contributed by atoms with Gasteiger partial charge in [0.25, 0.3) is 0 Å². The van der Waals surface area contributed by atoms with E-state index in [-0.39, 0.29) is 0 Å². The second-order valence-electron chi connectivity index (χ2n) is 5.68. The van der Waals surface area contributed by atoms with Gasteiger partial charge in [0.05, 0.1) is 6.20 Å². The van der Waals surface area contributed by atoms with Crippen molar-refractivity contribution in [2.75, 3.05) is 6.54 Å². The molecule has 3 nitrogen and oxygen atoms in total. The Kier molecular flexibility index (Phi) is 2.51. The first kappa shape index (κ1) is 10.3. The van der Waals surface area contributed by atoms with Crippen LogP contribution in [0.25, 0.3) is 0 Å². The summed E-state index contributed by atoms with van der Waals surface area (Å²) in [5.41, 5.74) is 2.03. The fraction of sp³-hybridized carbons (Fsp3) is 0.769. The molecule has 3 rings (SSSR count). The van der Waals surface area contributed by atoms with Crippen LogP contribution in [-0.2, 0) is 13.5 Å². The monoisotopic (exact) mass is 219 g/mol. The molecular formula is C13H21N3. The number of aryl methyl sites for hydroxylation is 2. The third kappa shape index (κ3) is 2.46. The van der Waals surface area contributed by atoms with E-state index in [4.69, 9.17) is 0 Å². The van der Waals surface area contributed by atoms with E-state index >= 15 is 0 Å². The van der Waals surface area contributed by atoms with E-state index in [9.17, 15) is 0 Å². The number of hydrogen-bond donors (Lipinski definition) is 1. The molecule has 2 fully saturated rings. The molecule has 88 valence electrons. The highest BCUT2D eigenvalue weighted by atomic mass is 15.2. The van der Waals surface area contributed by atoms with Crippen molar-refractivity contribution >= 4 is 0 Å². The molecule has 0 unspecified atom stereocenters. The maximum absolute atomic E-state index is 4.22.